The number of halogens is 2. The van der Waals surface area contributed by atoms with Gasteiger partial charge >= 0.3 is 5.97 Å². The third-order valence-corrected chi connectivity index (χ3v) is 3.13. The van der Waals surface area contributed by atoms with Crippen molar-refractivity contribution in [2.45, 2.75) is 6.29 Å². The highest BCUT2D eigenvalue weighted by Gasteiger charge is 2.19. The summed E-state index contributed by atoms with van der Waals surface area (Å²) in [7, 11) is 4.12. The summed E-state index contributed by atoms with van der Waals surface area (Å²) in [4.78, 5) is 11.5. The first-order valence-electron chi connectivity index (χ1n) is 5.29. The standard InChI is InChI=1S/C12H14BrFO5/c1-16-9(17-2)6-19-11-8(14)5-4-7(10(11)13)12(15)18-3/h4-5,9H,6H2,1-3H3. The van der Waals surface area contributed by atoms with E-state index in [9.17, 15) is 9.18 Å². The predicted octanol–water partition coefficient (Wildman–Crippen LogP) is 2.37. The van der Waals surface area contributed by atoms with Crippen LogP contribution < -0.4 is 4.74 Å². The van der Waals surface area contributed by atoms with Crippen LogP contribution in [0.5, 0.6) is 5.75 Å². The first kappa shape index (κ1) is 15.9. The van der Waals surface area contributed by atoms with Crippen LogP contribution in [0.4, 0.5) is 4.39 Å². The molecule has 0 saturated heterocycles. The van der Waals surface area contributed by atoms with Crippen molar-refractivity contribution in [1.82, 2.24) is 0 Å². The van der Waals surface area contributed by atoms with Crippen LogP contribution in [0.3, 0.4) is 0 Å². The Hall–Kier alpha value is -1.18. The van der Waals surface area contributed by atoms with Crippen molar-refractivity contribution in [3.05, 3.63) is 28.0 Å². The molecule has 0 amide bonds. The highest BCUT2D eigenvalue weighted by Crippen LogP contribution is 2.32. The molecule has 0 bridgehead atoms. The second-order valence-corrected chi connectivity index (χ2v) is 4.23. The van der Waals surface area contributed by atoms with Gasteiger partial charge in [-0.2, -0.15) is 0 Å². The third-order valence-electron chi connectivity index (χ3n) is 2.34. The van der Waals surface area contributed by atoms with Gasteiger partial charge in [0.25, 0.3) is 0 Å². The van der Waals surface area contributed by atoms with Crippen LogP contribution in [0.2, 0.25) is 0 Å². The Morgan fingerprint density at radius 1 is 1.32 bits per heavy atom. The molecular formula is C12H14BrFO5. The minimum absolute atomic E-state index is 0.0207. The summed E-state index contributed by atoms with van der Waals surface area (Å²) in [6.45, 7) is -0.0207. The fourth-order valence-corrected chi connectivity index (χ4v) is 1.91. The summed E-state index contributed by atoms with van der Waals surface area (Å²) < 4.78 is 33.5. The molecule has 0 N–H and O–H groups in total. The van der Waals surface area contributed by atoms with E-state index < -0.39 is 18.1 Å². The summed E-state index contributed by atoms with van der Waals surface area (Å²) in [6.07, 6.45) is -0.631. The highest BCUT2D eigenvalue weighted by atomic mass is 79.9. The zero-order valence-electron chi connectivity index (χ0n) is 10.7. The second-order valence-electron chi connectivity index (χ2n) is 3.44. The molecule has 0 aromatic heterocycles. The van der Waals surface area contributed by atoms with Crippen molar-refractivity contribution in [3.8, 4) is 5.75 Å². The first-order chi connectivity index (χ1) is 9.04. The monoisotopic (exact) mass is 336 g/mol. The van der Waals surface area contributed by atoms with Crippen molar-refractivity contribution in [2.24, 2.45) is 0 Å². The number of hydrogen-bond acceptors (Lipinski definition) is 5. The van der Waals surface area contributed by atoms with Crippen molar-refractivity contribution >= 4 is 21.9 Å². The number of hydrogen-bond donors (Lipinski definition) is 0. The van der Waals surface area contributed by atoms with Gasteiger partial charge in [-0.3, -0.25) is 0 Å². The van der Waals surface area contributed by atoms with Crippen LogP contribution in [0.1, 0.15) is 10.4 Å². The van der Waals surface area contributed by atoms with Gasteiger partial charge in [0.15, 0.2) is 17.9 Å². The van der Waals surface area contributed by atoms with E-state index >= 15 is 0 Å². The molecule has 0 heterocycles. The molecule has 19 heavy (non-hydrogen) atoms. The van der Waals surface area contributed by atoms with Gasteiger partial charge in [0.1, 0.15) is 6.61 Å². The lowest BCUT2D eigenvalue weighted by molar-refractivity contribution is -0.122. The average molecular weight is 337 g/mol. The van der Waals surface area contributed by atoms with Crippen LogP contribution in [-0.4, -0.2) is 40.2 Å². The Kier molecular flexibility index (Phi) is 6.20. The highest BCUT2D eigenvalue weighted by molar-refractivity contribution is 9.10. The van der Waals surface area contributed by atoms with E-state index in [1.54, 1.807) is 0 Å². The number of carbonyl (C=O) groups excluding carboxylic acids is 1. The first-order valence-corrected chi connectivity index (χ1v) is 6.09. The van der Waals surface area contributed by atoms with Gasteiger partial charge in [-0.25, -0.2) is 9.18 Å². The molecule has 0 spiro atoms. The molecule has 0 aliphatic carbocycles. The van der Waals surface area contributed by atoms with Gasteiger partial charge in [-0.1, -0.05) is 0 Å². The van der Waals surface area contributed by atoms with E-state index in [0.29, 0.717) is 0 Å². The summed E-state index contributed by atoms with van der Waals surface area (Å²) in [6, 6.07) is 2.43. The molecule has 0 atom stereocenters. The topological polar surface area (TPSA) is 54.0 Å². The lowest BCUT2D eigenvalue weighted by Gasteiger charge is -2.16. The normalized spacial score (nSPS) is 10.6. The molecular weight excluding hydrogens is 323 g/mol. The lowest BCUT2D eigenvalue weighted by Crippen LogP contribution is -2.22. The largest absolute Gasteiger partial charge is 0.484 e. The van der Waals surface area contributed by atoms with Gasteiger partial charge in [-0.05, 0) is 28.1 Å². The maximum atomic E-state index is 13.7. The van der Waals surface area contributed by atoms with Crippen molar-refractivity contribution in [3.63, 3.8) is 0 Å². The van der Waals surface area contributed by atoms with Crippen molar-refractivity contribution in [1.29, 1.82) is 0 Å². The number of rotatable bonds is 6. The molecule has 0 radical (unpaired) electrons. The molecule has 1 aromatic carbocycles. The predicted molar refractivity (Wildman–Crippen MR) is 68.7 cm³/mol. The van der Waals surface area contributed by atoms with E-state index in [0.717, 1.165) is 6.07 Å². The Morgan fingerprint density at radius 2 is 1.95 bits per heavy atom. The minimum Gasteiger partial charge on any atom is -0.484 e. The van der Waals surface area contributed by atoms with Gasteiger partial charge in [0, 0.05) is 14.2 Å². The summed E-state index contributed by atoms with van der Waals surface area (Å²) in [5.41, 5.74) is 0.172. The number of carbonyl (C=O) groups is 1. The van der Waals surface area contributed by atoms with Crippen LogP contribution in [0, 0.1) is 5.82 Å². The minimum atomic E-state index is -0.631. The number of benzene rings is 1. The van der Waals surface area contributed by atoms with Gasteiger partial charge in [-0.15, -0.1) is 0 Å². The molecule has 0 saturated carbocycles. The lowest BCUT2D eigenvalue weighted by atomic mass is 10.2. The third kappa shape index (κ3) is 3.89. The summed E-state index contributed by atoms with van der Waals surface area (Å²) in [5.74, 6) is -1.29. The zero-order chi connectivity index (χ0) is 14.4. The van der Waals surface area contributed by atoms with Crippen LogP contribution in [0.25, 0.3) is 0 Å². The number of esters is 1. The number of methoxy groups -OCH3 is 3. The second kappa shape index (κ2) is 7.42. The van der Waals surface area contributed by atoms with E-state index in [1.165, 1.54) is 27.4 Å². The molecule has 0 aliphatic heterocycles. The molecule has 1 rings (SSSR count). The van der Waals surface area contributed by atoms with E-state index in [-0.39, 0.29) is 22.4 Å². The maximum Gasteiger partial charge on any atom is 0.339 e. The van der Waals surface area contributed by atoms with Crippen LogP contribution >= 0.6 is 15.9 Å². The van der Waals surface area contributed by atoms with Crippen molar-refractivity contribution < 1.29 is 28.1 Å². The van der Waals surface area contributed by atoms with E-state index in [2.05, 4.69) is 20.7 Å². The van der Waals surface area contributed by atoms with Gasteiger partial charge < -0.3 is 18.9 Å². The Morgan fingerprint density at radius 3 is 2.47 bits per heavy atom. The fraction of sp³-hybridized carbons (Fsp3) is 0.417. The maximum absolute atomic E-state index is 13.7. The van der Waals surface area contributed by atoms with Crippen molar-refractivity contribution in [2.75, 3.05) is 27.9 Å². The SMILES string of the molecule is COC(=O)c1ccc(F)c(OCC(OC)OC)c1Br. The van der Waals surface area contributed by atoms with E-state index in [1.807, 2.05) is 0 Å². The molecule has 0 fully saturated rings. The fourth-order valence-electron chi connectivity index (χ4n) is 1.32. The van der Waals surface area contributed by atoms with Crippen LogP contribution in [0.15, 0.2) is 16.6 Å². The molecule has 1 aromatic rings. The smallest absolute Gasteiger partial charge is 0.339 e. The Balaban J connectivity index is 2.96. The molecule has 5 nitrogen and oxygen atoms in total. The molecule has 7 heteroatoms. The van der Waals surface area contributed by atoms with Gasteiger partial charge in [0.2, 0.25) is 0 Å². The summed E-state index contributed by atoms with van der Waals surface area (Å²) in [5, 5.41) is 0. The molecule has 0 unspecified atom stereocenters. The number of ether oxygens (including phenoxy) is 4. The average Bonchev–Trinajstić information content (AvgIpc) is 2.42. The quantitative estimate of drug-likeness (QED) is 0.589. The van der Waals surface area contributed by atoms with Crippen LogP contribution in [-0.2, 0) is 14.2 Å². The Bertz CT molecular complexity index is 448. The zero-order valence-corrected chi connectivity index (χ0v) is 12.3. The Labute approximate surface area is 118 Å². The molecule has 0 aliphatic rings. The van der Waals surface area contributed by atoms with Gasteiger partial charge in [0.05, 0.1) is 17.1 Å². The summed E-state index contributed by atoms with van der Waals surface area (Å²) >= 11 is 3.12. The van der Waals surface area contributed by atoms with E-state index in [4.69, 9.17) is 14.2 Å². The molecule has 106 valence electrons.